The minimum absolute atomic E-state index is 0.0254. The number of carbonyl (C=O) groups excluding carboxylic acids is 1. The van der Waals surface area contributed by atoms with Gasteiger partial charge in [0, 0.05) is 13.2 Å². The van der Waals surface area contributed by atoms with Crippen LogP contribution in [0, 0.1) is 5.41 Å². The average molecular weight is 244 g/mol. The molecule has 1 atom stereocenters. The van der Waals surface area contributed by atoms with Crippen LogP contribution >= 0.6 is 12.2 Å². The highest BCUT2D eigenvalue weighted by atomic mass is 32.1. The van der Waals surface area contributed by atoms with E-state index in [0.29, 0.717) is 18.1 Å². The largest absolute Gasteiger partial charge is 0.392 e. The summed E-state index contributed by atoms with van der Waals surface area (Å²) in [6.45, 7) is 5.02. The van der Waals surface area contributed by atoms with Gasteiger partial charge in [0.1, 0.15) is 0 Å². The first-order chi connectivity index (χ1) is 7.53. The number of nitrogens with two attached hydrogens (primary N) is 1. The SMILES string of the molecule is CCOC(C)CNC(=O)C1(C(N)=S)CCC1. The van der Waals surface area contributed by atoms with Gasteiger partial charge in [-0.2, -0.15) is 0 Å². The third kappa shape index (κ3) is 2.71. The molecule has 0 spiro atoms. The van der Waals surface area contributed by atoms with Gasteiger partial charge in [-0.15, -0.1) is 0 Å². The van der Waals surface area contributed by atoms with Gasteiger partial charge in [0.25, 0.3) is 0 Å². The molecule has 1 saturated carbocycles. The molecule has 0 aliphatic heterocycles. The molecule has 1 unspecified atom stereocenters. The van der Waals surface area contributed by atoms with Crippen molar-refractivity contribution in [1.82, 2.24) is 5.32 Å². The lowest BCUT2D eigenvalue weighted by atomic mass is 9.68. The van der Waals surface area contributed by atoms with Crippen molar-refractivity contribution in [3.8, 4) is 0 Å². The molecule has 1 aliphatic carbocycles. The Kier molecular flexibility index (Phi) is 4.68. The van der Waals surface area contributed by atoms with Crippen molar-refractivity contribution < 1.29 is 9.53 Å². The van der Waals surface area contributed by atoms with E-state index in [4.69, 9.17) is 22.7 Å². The van der Waals surface area contributed by atoms with Crippen LogP contribution in [-0.2, 0) is 9.53 Å². The van der Waals surface area contributed by atoms with E-state index in [0.717, 1.165) is 19.3 Å². The van der Waals surface area contributed by atoms with Gasteiger partial charge in [-0.25, -0.2) is 0 Å². The monoisotopic (exact) mass is 244 g/mol. The molecule has 0 heterocycles. The fourth-order valence-corrected chi connectivity index (χ4v) is 2.16. The number of thiocarbonyl (C=S) groups is 1. The number of nitrogens with one attached hydrogen (secondary N) is 1. The van der Waals surface area contributed by atoms with E-state index in [9.17, 15) is 4.79 Å². The molecule has 3 N–H and O–H groups in total. The number of carbonyl (C=O) groups is 1. The van der Waals surface area contributed by atoms with Gasteiger partial charge in [-0.05, 0) is 26.7 Å². The first-order valence-corrected chi connectivity index (χ1v) is 6.13. The van der Waals surface area contributed by atoms with E-state index in [1.165, 1.54) is 0 Å². The number of amides is 1. The summed E-state index contributed by atoms with van der Waals surface area (Å²) in [5, 5.41) is 2.86. The summed E-state index contributed by atoms with van der Waals surface area (Å²) in [4.78, 5) is 12.3. The van der Waals surface area contributed by atoms with E-state index in [-0.39, 0.29) is 12.0 Å². The highest BCUT2D eigenvalue weighted by molar-refractivity contribution is 7.80. The summed E-state index contributed by atoms with van der Waals surface area (Å²) < 4.78 is 5.34. The number of ether oxygens (including phenoxy) is 1. The van der Waals surface area contributed by atoms with Gasteiger partial charge in [0.15, 0.2) is 0 Å². The van der Waals surface area contributed by atoms with Crippen LogP contribution in [0.1, 0.15) is 33.1 Å². The molecular formula is C11H20N2O2S. The maximum atomic E-state index is 12.0. The van der Waals surface area contributed by atoms with Crippen molar-refractivity contribution in [3.63, 3.8) is 0 Å². The molecule has 4 nitrogen and oxygen atoms in total. The van der Waals surface area contributed by atoms with E-state index in [1.54, 1.807) is 0 Å². The second kappa shape index (κ2) is 5.59. The lowest BCUT2D eigenvalue weighted by Gasteiger charge is -2.39. The van der Waals surface area contributed by atoms with Crippen LogP contribution in [0.15, 0.2) is 0 Å². The van der Waals surface area contributed by atoms with Crippen molar-refractivity contribution in [2.45, 2.75) is 39.2 Å². The van der Waals surface area contributed by atoms with Crippen molar-refractivity contribution >= 4 is 23.1 Å². The fourth-order valence-electron chi connectivity index (χ4n) is 1.86. The van der Waals surface area contributed by atoms with Crippen LogP contribution in [0.4, 0.5) is 0 Å². The van der Waals surface area contributed by atoms with E-state index >= 15 is 0 Å². The Balaban J connectivity index is 2.42. The first kappa shape index (κ1) is 13.4. The Labute approximate surface area is 102 Å². The third-order valence-corrected chi connectivity index (χ3v) is 3.51. The maximum absolute atomic E-state index is 12.0. The summed E-state index contributed by atoms with van der Waals surface area (Å²) in [7, 11) is 0. The van der Waals surface area contributed by atoms with Crippen molar-refractivity contribution in [1.29, 1.82) is 0 Å². The summed E-state index contributed by atoms with van der Waals surface area (Å²) in [5.41, 5.74) is 5.06. The van der Waals surface area contributed by atoms with E-state index in [2.05, 4.69) is 5.32 Å². The molecular weight excluding hydrogens is 224 g/mol. The van der Waals surface area contributed by atoms with Crippen LogP contribution in [0.25, 0.3) is 0 Å². The van der Waals surface area contributed by atoms with Gasteiger partial charge in [0.2, 0.25) is 5.91 Å². The smallest absolute Gasteiger partial charge is 0.233 e. The standard InChI is InChI=1S/C11H20N2O2S/c1-3-15-8(2)7-13-10(14)11(9(12)16)5-4-6-11/h8H,3-7H2,1-2H3,(H2,12,16)(H,13,14). The first-order valence-electron chi connectivity index (χ1n) is 5.72. The third-order valence-electron chi connectivity index (χ3n) is 3.11. The molecule has 92 valence electrons. The van der Waals surface area contributed by atoms with Crippen LogP contribution in [0.2, 0.25) is 0 Å². The zero-order valence-corrected chi connectivity index (χ0v) is 10.7. The molecule has 1 rings (SSSR count). The highest BCUT2D eigenvalue weighted by Gasteiger charge is 2.46. The zero-order chi connectivity index (χ0) is 12.2. The van der Waals surface area contributed by atoms with Crippen LogP contribution in [0.5, 0.6) is 0 Å². The Bertz CT molecular complexity index is 277. The topological polar surface area (TPSA) is 64.3 Å². The summed E-state index contributed by atoms with van der Waals surface area (Å²) in [6, 6.07) is 0. The number of hydrogen-bond donors (Lipinski definition) is 2. The van der Waals surface area contributed by atoms with Gasteiger partial charge >= 0.3 is 0 Å². The number of hydrogen-bond acceptors (Lipinski definition) is 3. The van der Waals surface area contributed by atoms with E-state index in [1.807, 2.05) is 13.8 Å². The van der Waals surface area contributed by atoms with Gasteiger partial charge in [0.05, 0.1) is 16.5 Å². The summed E-state index contributed by atoms with van der Waals surface area (Å²) >= 11 is 4.97. The molecule has 0 bridgehead atoms. The molecule has 0 aromatic carbocycles. The van der Waals surface area contributed by atoms with Crippen LogP contribution < -0.4 is 11.1 Å². The molecule has 1 amide bonds. The molecule has 1 aliphatic rings. The quantitative estimate of drug-likeness (QED) is 0.684. The maximum Gasteiger partial charge on any atom is 0.233 e. The second-order valence-electron chi connectivity index (χ2n) is 4.28. The summed E-state index contributed by atoms with van der Waals surface area (Å²) in [6.07, 6.45) is 2.59. The predicted octanol–water partition coefficient (Wildman–Crippen LogP) is 0.984. The van der Waals surface area contributed by atoms with Gasteiger partial charge < -0.3 is 15.8 Å². The van der Waals surface area contributed by atoms with Crippen molar-refractivity contribution in [2.24, 2.45) is 11.1 Å². The van der Waals surface area contributed by atoms with Gasteiger partial charge in [-0.1, -0.05) is 18.6 Å². The number of rotatable bonds is 6. The molecule has 0 aromatic rings. The zero-order valence-electron chi connectivity index (χ0n) is 9.91. The average Bonchev–Trinajstić information content (AvgIpc) is 2.12. The van der Waals surface area contributed by atoms with Crippen molar-refractivity contribution in [3.05, 3.63) is 0 Å². The highest BCUT2D eigenvalue weighted by Crippen LogP contribution is 2.41. The fraction of sp³-hybridized carbons (Fsp3) is 0.818. The molecule has 1 fully saturated rings. The Morgan fingerprint density at radius 2 is 2.25 bits per heavy atom. The lowest BCUT2D eigenvalue weighted by molar-refractivity contribution is -0.131. The molecule has 5 heteroatoms. The molecule has 0 aromatic heterocycles. The minimum Gasteiger partial charge on any atom is -0.392 e. The normalized spacial score (nSPS) is 19.6. The predicted molar refractivity (Wildman–Crippen MR) is 67.2 cm³/mol. The van der Waals surface area contributed by atoms with Crippen LogP contribution in [-0.4, -0.2) is 30.2 Å². The van der Waals surface area contributed by atoms with Crippen LogP contribution in [0.3, 0.4) is 0 Å². The van der Waals surface area contributed by atoms with E-state index < -0.39 is 5.41 Å². The van der Waals surface area contributed by atoms with Crippen molar-refractivity contribution in [2.75, 3.05) is 13.2 Å². The Morgan fingerprint density at radius 1 is 1.62 bits per heavy atom. The molecule has 0 radical (unpaired) electrons. The molecule has 16 heavy (non-hydrogen) atoms. The Morgan fingerprint density at radius 3 is 2.62 bits per heavy atom. The minimum atomic E-state index is -0.582. The molecule has 0 saturated heterocycles. The summed E-state index contributed by atoms with van der Waals surface area (Å²) in [5.74, 6) is -0.0437. The lowest BCUT2D eigenvalue weighted by Crippen LogP contribution is -2.54. The van der Waals surface area contributed by atoms with Gasteiger partial charge in [-0.3, -0.25) is 4.79 Å². The second-order valence-corrected chi connectivity index (χ2v) is 4.72. The Hall–Kier alpha value is -0.680.